The number of aromatic nitrogens is 2. The summed E-state index contributed by atoms with van der Waals surface area (Å²) >= 11 is 0. The number of rotatable bonds is 11. The molecule has 36 heavy (non-hydrogen) atoms. The summed E-state index contributed by atoms with van der Waals surface area (Å²) in [6.45, 7) is 1.17. The van der Waals surface area contributed by atoms with Crippen molar-refractivity contribution in [3.63, 3.8) is 0 Å². The fourth-order valence-electron chi connectivity index (χ4n) is 3.75. The highest BCUT2D eigenvalue weighted by atomic mass is 32.2. The molecule has 3 aromatic carbocycles. The number of sulfone groups is 2. The Morgan fingerprint density at radius 2 is 1.53 bits per heavy atom. The van der Waals surface area contributed by atoms with Crippen LogP contribution in [0.15, 0.2) is 88.9 Å². The fraction of sp³-hybridized carbons (Fsp3) is 0.231. The summed E-state index contributed by atoms with van der Waals surface area (Å²) < 4.78 is 48.1. The summed E-state index contributed by atoms with van der Waals surface area (Å²) in [5.74, 6) is 0.765. The predicted molar refractivity (Wildman–Crippen MR) is 142 cm³/mol. The SMILES string of the molecule is CS(=O)(=O)CCNCCCc1ccc2ncnc(Nc3ccc(S(=O)(=O)c4ccccc4)cc3)c2c1. The maximum Gasteiger partial charge on any atom is 0.206 e. The number of aryl methyl sites for hydroxylation is 1. The van der Waals surface area contributed by atoms with Gasteiger partial charge in [-0.2, -0.15) is 0 Å². The molecule has 0 aliphatic heterocycles. The average molecular weight is 525 g/mol. The first-order valence-corrected chi connectivity index (χ1v) is 15.1. The Hall–Kier alpha value is -3.34. The first-order chi connectivity index (χ1) is 17.2. The molecule has 0 radical (unpaired) electrons. The van der Waals surface area contributed by atoms with Gasteiger partial charge in [0.2, 0.25) is 9.84 Å². The van der Waals surface area contributed by atoms with E-state index in [-0.39, 0.29) is 15.5 Å². The van der Waals surface area contributed by atoms with E-state index in [2.05, 4.69) is 20.6 Å². The zero-order chi connectivity index (χ0) is 25.6. The van der Waals surface area contributed by atoms with Gasteiger partial charge in [-0.25, -0.2) is 26.8 Å². The van der Waals surface area contributed by atoms with E-state index < -0.39 is 19.7 Å². The second-order valence-electron chi connectivity index (χ2n) is 8.52. The van der Waals surface area contributed by atoms with Crippen molar-refractivity contribution >= 4 is 42.1 Å². The van der Waals surface area contributed by atoms with E-state index in [1.54, 1.807) is 54.6 Å². The summed E-state index contributed by atoms with van der Waals surface area (Å²) in [5.41, 5.74) is 2.63. The summed E-state index contributed by atoms with van der Waals surface area (Å²) in [4.78, 5) is 9.22. The minimum atomic E-state index is -3.58. The summed E-state index contributed by atoms with van der Waals surface area (Å²) in [6.07, 6.45) is 4.41. The Labute approximate surface area is 211 Å². The van der Waals surface area contributed by atoms with Crippen LogP contribution in [0.5, 0.6) is 0 Å². The molecular formula is C26H28N4O4S2. The minimum Gasteiger partial charge on any atom is -0.340 e. The molecule has 0 unspecified atom stereocenters. The zero-order valence-corrected chi connectivity index (χ0v) is 21.5. The van der Waals surface area contributed by atoms with E-state index in [0.29, 0.717) is 18.1 Å². The quantitative estimate of drug-likeness (QED) is 0.285. The summed E-state index contributed by atoms with van der Waals surface area (Å²) in [7, 11) is -6.53. The number of nitrogens with zero attached hydrogens (tertiary/aromatic N) is 2. The molecule has 0 spiro atoms. The van der Waals surface area contributed by atoms with Crippen LogP contribution < -0.4 is 10.6 Å². The van der Waals surface area contributed by atoms with Gasteiger partial charge in [0.25, 0.3) is 0 Å². The van der Waals surface area contributed by atoms with Crippen LogP contribution in [0.1, 0.15) is 12.0 Å². The number of hydrogen-bond donors (Lipinski definition) is 2. The van der Waals surface area contributed by atoms with Crippen molar-refractivity contribution in [2.75, 3.05) is 30.4 Å². The van der Waals surface area contributed by atoms with Gasteiger partial charge in [-0.05, 0) is 73.5 Å². The van der Waals surface area contributed by atoms with Crippen molar-refractivity contribution in [1.29, 1.82) is 0 Å². The molecule has 0 bridgehead atoms. The van der Waals surface area contributed by atoms with Gasteiger partial charge in [-0.1, -0.05) is 24.3 Å². The van der Waals surface area contributed by atoms with Crippen molar-refractivity contribution < 1.29 is 16.8 Å². The van der Waals surface area contributed by atoms with E-state index in [1.165, 1.54) is 12.6 Å². The van der Waals surface area contributed by atoms with E-state index in [0.717, 1.165) is 35.9 Å². The number of hydrogen-bond acceptors (Lipinski definition) is 8. The zero-order valence-electron chi connectivity index (χ0n) is 19.9. The Morgan fingerprint density at radius 1 is 0.806 bits per heavy atom. The lowest BCUT2D eigenvalue weighted by Gasteiger charge is -2.11. The highest BCUT2D eigenvalue weighted by Crippen LogP contribution is 2.26. The second kappa shape index (κ2) is 11.2. The van der Waals surface area contributed by atoms with Crippen molar-refractivity contribution in [2.45, 2.75) is 22.6 Å². The third-order valence-electron chi connectivity index (χ3n) is 5.65. The molecule has 2 N–H and O–H groups in total. The third kappa shape index (κ3) is 6.66. The maximum atomic E-state index is 12.8. The summed E-state index contributed by atoms with van der Waals surface area (Å²) in [6, 6.07) is 21.0. The lowest BCUT2D eigenvalue weighted by atomic mass is 10.1. The molecule has 0 saturated carbocycles. The Bertz CT molecular complexity index is 1540. The van der Waals surface area contributed by atoms with E-state index >= 15 is 0 Å². The Balaban J connectivity index is 1.44. The molecular weight excluding hydrogens is 496 g/mol. The van der Waals surface area contributed by atoms with Gasteiger partial charge in [0, 0.05) is 23.9 Å². The molecule has 8 nitrogen and oxygen atoms in total. The molecule has 0 atom stereocenters. The van der Waals surface area contributed by atoms with Crippen molar-refractivity contribution in [3.05, 3.63) is 84.7 Å². The van der Waals surface area contributed by atoms with Crippen LogP contribution in [-0.2, 0) is 26.1 Å². The van der Waals surface area contributed by atoms with Crippen molar-refractivity contribution in [1.82, 2.24) is 15.3 Å². The predicted octanol–water partition coefficient (Wildman–Crippen LogP) is 3.77. The van der Waals surface area contributed by atoms with Crippen molar-refractivity contribution in [3.8, 4) is 0 Å². The molecule has 1 heterocycles. The maximum absolute atomic E-state index is 12.8. The minimum absolute atomic E-state index is 0.133. The molecule has 188 valence electrons. The highest BCUT2D eigenvalue weighted by molar-refractivity contribution is 7.91. The Kier molecular flexibility index (Phi) is 7.97. The molecule has 0 amide bonds. The van der Waals surface area contributed by atoms with Crippen molar-refractivity contribution in [2.24, 2.45) is 0 Å². The molecule has 0 fully saturated rings. The number of anilines is 2. The van der Waals surface area contributed by atoms with Crippen LogP contribution in [0.25, 0.3) is 10.9 Å². The first-order valence-electron chi connectivity index (χ1n) is 11.5. The van der Waals surface area contributed by atoms with Gasteiger partial charge in [-0.15, -0.1) is 0 Å². The molecule has 0 saturated heterocycles. The van der Waals surface area contributed by atoms with Crippen LogP contribution in [0.4, 0.5) is 11.5 Å². The Morgan fingerprint density at radius 3 is 2.25 bits per heavy atom. The molecule has 0 aliphatic rings. The van der Waals surface area contributed by atoms with E-state index in [4.69, 9.17) is 0 Å². The number of benzene rings is 3. The van der Waals surface area contributed by atoms with E-state index in [1.807, 2.05) is 18.2 Å². The van der Waals surface area contributed by atoms with Crippen LogP contribution in [0.2, 0.25) is 0 Å². The van der Waals surface area contributed by atoms with Crippen LogP contribution in [-0.4, -0.2) is 51.9 Å². The van der Waals surface area contributed by atoms with Crippen LogP contribution in [0, 0.1) is 0 Å². The molecule has 10 heteroatoms. The molecule has 4 aromatic rings. The highest BCUT2D eigenvalue weighted by Gasteiger charge is 2.17. The summed E-state index contributed by atoms with van der Waals surface area (Å²) in [5, 5.41) is 7.30. The standard InChI is InChI=1S/C26H28N4O4S2/c1-35(31,32)17-16-27-15-5-6-20-9-14-25-24(18-20)26(29-19-28-25)30-21-10-12-23(13-11-21)36(33,34)22-7-3-2-4-8-22/h2-4,7-14,18-19,27H,5-6,15-17H2,1H3,(H,28,29,30). The lowest BCUT2D eigenvalue weighted by molar-refractivity contribution is 0.593. The number of fused-ring (bicyclic) bond motifs is 1. The van der Waals surface area contributed by atoms with Gasteiger partial charge in [0.05, 0.1) is 21.1 Å². The second-order valence-corrected chi connectivity index (χ2v) is 12.7. The largest absolute Gasteiger partial charge is 0.340 e. The molecule has 4 rings (SSSR count). The van der Waals surface area contributed by atoms with Gasteiger partial charge >= 0.3 is 0 Å². The third-order valence-corrected chi connectivity index (χ3v) is 8.38. The van der Waals surface area contributed by atoms with Gasteiger partial charge in [-0.3, -0.25) is 0 Å². The van der Waals surface area contributed by atoms with E-state index in [9.17, 15) is 16.8 Å². The topological polar surface area (TPSA) is 118 Å². The van der Waals surface area contributed by atoms with Gasteiger partial charge in [0.15, 0.2) is 0 Å². The first kappa shape index (κ1) is 25.7. The lowest BCUT2D eigenvalue weighted by Crippen LogP contribution is -2.23. The van der Waals surface area contributed by atoms with Crippen LogP contribution >= 0.6 is 0 Å². The normalized spacial score (nSPS) is 12.0. The molecule has 1 aromatic heterocycles. The van der Waals surface area contributed by atoms with Gasteiger partial charge < -0.3 is 10.6 Å². The van der Waals surface area contributed by atoms with Gasteiger partial charge in [0.1, 0.15) is 22.0 Å². The van der Waals surface area contributed by atoms with Crippen LogP contribution in [0.3, 0.4) is 0 Å². The monoisotopic (exact) mass is 524 g/mol. The smallest absolute Gasteiger partial charge is 0.206 e. The number of nitrogens with one attached hydrogen (secondary N) is 2. The average Bonchev–Trinajstić information content (AvgIpc) is 2.86. The fourth-order valence-corrected chi connectivity index (χ4v) is 5.55. The molecule has 0 aliphatic carbocycles.